The number of rotatable bonds is 0. The molecule has 2 aromatic rings. The van der Waals surface area contributed by atoms with E-state index in [-0.39, 0.29) is 11.5 Å². The highest BCUT2D eigenvalue weighted by Gasteiger charge is 2.08. The normalized spacial score (nSPS) is 10.8. The molecule has 2 rings (SSSR count). The quantitative estimate of drug-likeness (QED) is 0.464. The topological polar surface area (TPSA) is 109 Å². The molecule has 2 aromatic heterocycles. The van der Waals surface area contributed by atoms with E-state index in [0.29, 0.717) is 5.69 Å². The van der Waals surface area contributed by atoms with Crippen molar-refractivity contribution in [3.63, 3.8) is 0 Å². The molecule has 4 N–H and O–H groups in total. The molecule has 7 nitrogen and oxygen atoms in total. The van der Waals surface area contributed by atoms with Crippen LogP contribution < -0.4 is 17.0 Å². The van der Waals surface area contributed by atoms with E-state index in [4.69, 9.17) is 5.73 Å². The molecule has 0 unspecified atom stereocenters. The Kier molecular flexibility index (Phi) is 1.30. The van der Waals surface area contributed by atoms with E-state index < -0.39 is 11.2 Å². The van der Waals surface area contributed by atoms with Crippen molar-refractivity contribution < 1.29 is 0 Å². The second-order valence-electron chi connectivity index (χ2n) is 2.65. The molecule has 0 aliphatic rings. The fourth-order valence-electron chi connectivity index (χ4n) is 1.20. The van der Waals surface area contributed by atoms with Gasteiger partial charge >= 0.3 is 5.69 Å². The number of aromatic nitrogens is 4. The molecule has 7 heteroatoms. The summed E-state index contributed by atoms with van der Waals surface area (Å²) in [6.07, 6.45) is 0. The summed E-state index contributed by atoms with van der Waals surface area (Å²) in [6.45, 7) is 1.61. The lowest BCUT2D eigenvalue weighted by Gasteiger charge is -1.93. The Morgan fingerprint density at radius 3 is 2.77 bits per heavy atom. The number of hydrogen-bond acceptors (Lipinski definition) is 4. The van der Waals surface area contributed by atoms with E-state index in [0.717, 1.165) is 4.52 Å². The Labute approximate surface area is 71.2 Å². The summed E-state index contributed by atoms with van der Waals surface area (Å²) < 4.78 is 0.948. The molecule has 0 saturated heterocycles. The zero-order valence-corrected chi connectivity index (χ0v) is 6.79. The SMILES string of the molecule is Cc1[nH]c(=O)n2nc(N)[nH]c(=O)c12. The van der Waals surface area contributed by atoms with Crippen LogP contribution in [0.25, 0.3) is 5.52 Å². The predicted octanol–water partition coefficient (Wildman–Crippen LogP) is -1.40. The maximum absolute atomic E-state index is 11.3. The zero-order chi connectivity index (χ0) is 9.59. The predicted molar refractivity (Wildman–Crippen MR) is 45.6 cm³/mol. The van der Waals surface area contributed by atoms with Crippen LogP contribution in [0, 0.1) is 6.92 Å². The Hall–Kier alpha value is -2.05. The van der Waals surface area contributed by atoms with Gasteiger partial charge in [0.2, 0.25) is 5.95 Å². The van der Waals surface area contributed by atoms with Crippen LogP contribution in [-0.2, 0) is 0 Å². The third-order valence-electron chi connectivity index (χ3n) is 1.72. The third-order valence-corrected chi connectivity index (χ3v) is 1.72. The van der Waals surface area contributed by atoms with Gasteiger partial charge in [-0.15, -0.1) is 5.10 Å². The summed E-state index contributed by atoms with van der Waals surface area (Å²) in [5.74, 6) is -0.0846. The van der Waals surface area contributed by atoms with Gasteiger partial charge in [-0.25, -0.2) is 4.79 Å². The van der Waals surface area contributed by atoms with Crippen molar-refractivity contribution in [2.45, 2.75) is 6.92 Å². The van der Waals surface area contributed by atoms with Crippen molar-refractivity contribution in [3.8, 4) is 0 Å². The van der Waals surface area contributed by atoms with Crippen LogP contribution in [0.3, 0.4) is 0 Å². The summed E-state index contributed by atoms with van der Waals surface area (Å²) in [5.41, 5.74) is 5.03. The van der Waals surface area contributed by atoms with Crippen LogP contribution in [0.1, 0.15) is 5.69 Å². The average Bonchev–Trinajstić information content (AvgIpc) is 2.27. The monoisotopic (exact) mass is 181 g/mol. The molecule has 0 amide bonds. The number of nitrogen functional groups attached to an aromatic ring is 1. The molecule has 0 radical (unpaired) electrons. The Balaban J connectivity index is 3.16. The smallest absolute Gasteiger partial charge is 0.347 e. The number of hydrogen-bond donors (Lipinski definition) is 3. The van der Waals surface area contributed by atoms with E-state index >= 15 is 0 Å². The van der Waals surface area contributed by atoms with Gasteiger partial charge in [0.1, 0.15) is 0 Å². The number of aromatic amines is 2. The van der Waals surface area contributed by atoms with Gasteiger partial charge in [-0.2, -0.15) is 4.52 Å². The summed E-state index contributed by atoms with van der Waals surface area (Å²) in [6, 6.07) is 0. The number of anilines is 1. The fraction of sp³-hybridized carbons (Fsp3) is 0.167. The van der Waals surface area contributed by atoms with Crippen molar-refractivity contribution in [1.82, 2.24) is 19.6 Å². The van der Waals surface area contributed by atoms with Gasteiger partial charge in [0, 0.05) is 5.69 Å². The molecule has 0 saturated carbocycles. The minimum absolute atomic E-state index is 0.0846. The first-order chi connectivity index (χ1) is 6.09. The van der Waals surface area contributed by atoms with Gasteiger partial charge in [0.25, 0.3) is 5.56 Å². The largest absolute Gasteiger partial charge is 0.368 e. The number of nitrogens with one attached hydrogen (secondary N) is 2. The molecule has 0 spiro atoms. The van der Waals surface area contributed by atoms with Crippen LogP contribution in [0.5, 0.6) is 0 Å². The lowest BCUT2D eigenvalue weighted by molar-refractivity contribution is 0.857. The number of fused-ring (bicyclic) bond motifs is 1. The van der Waals surface area contributed by atoms with Crippen molar-refractivity contribution >= 4 is 11.5 Å². The zero-order valence-electron chi connectivity index (χ0n) is 6.79. The van der Waals surface area contributed by atoms with Crippen molar-refractivity contribution in [2.75, 3.05) is 5.73 Å². The van der Waals surface area contributed by atoms with E-state index in [9.17, 15) is 9.59 Å². The van der Waals surface area contributed by atoms with Crippen LogP contribution >= 0.6 is 0 Å². The number of H-pyrrole nitrogens is 2. The molecule has 0 bridgehead atoms. The van der Waals surface area contributed by atoms with Crippen molar-refractivity contribution in [2.24, 2.45) is 0 Å². The molecule has 0 aliphatic carbocycles. The maximum Gasteiger partial charge on any atom is 0.347 e. The first-order valence-electron chi connectivity index (χ1n) is 3.57. The minimum Gasteiger partial charge on any atom is -0.368 e. The molecule has 0 atom stereocenters. The van der Waals surface area contributed by atoms with Gasteiger partial charge in [-0.1, -0.05) is 0 Å². The van der Waals surface area contributed by atoms with Crippen LogP contribution in [0.4, 0.5) is 5.95 Å². The molecule has 13 heavy (non-hydrogen) atoms. The Bertz CT molecular complexity index is 575. The molecule has 68 valence electrons. The van der Waals surface area contributed by atoms with Crippen molar-refractivity contribution in [1.29, 1.82) is 0 Å². The molecule has 0 aromatic carbocycles. The molecule has 0 fully saturated rings. The molecule has 2 heterocycles. The standard InChI is InChI=1S/C6H7N5O2/c1-2-3-4(12)9-5(7)10-11(3)6(13)8-2/h1H3,(H,8,13)(H3,7,9,10,12). The fourth-order valence-corrected chi connectivity index (χ4v) is 1.20. The Morgan fingerprint density at radius 2 is 2.08 bits per heavy atom. The number of nitrogens with zero attached hydrogens (tertiary/aromatic N) is 2. The van der Waals surface area contributed by atoms with Gasteiger partial charge in [0.15, 0.2) is 5.52 Å². The molecular weight excluding hydrogens is 174 g/mol. The summed E-state index contributed by atoms with van der Waals surface area (Å²) >= 11 is 0. The lowest BCUT2D eigenvalue weighted by atomic mass is 10.4. The van der Waals surface area contributed by atoms with Gasteiger partial charge in [-0.3, -0.25) is 9.78 Å². The van der Waals surface area contributed by atoms with E-state index in [1.807, 2.05) is 0 Å². The first-order valence-corrected chi connectivity index (χ1v) is 3.57. The number of imidazole rings is 1. The first kappa shape index (κ1) is 7.59. The second-order valence-corrected chi connectivity index (χ2v) is 2.65. The van der Waals surface area contributed by atoms with Crippen LogP contribution in [0.2, 0.25) is 0 Å². The van der Waals surface area contributed by atoms with Gasteiger partial charge in [0.05, 0.1) is 0 Å². The highest BCUT2D eigenvalue weighted by Crippen LogP contribution is 1.96. The van der Waals surface area contributed by atoms with E-state index in [2.05, 4.69) is 15.1 Å². The van der Waals surface area contributed by atoms with E-state index in [1.165, 1.54) is 0 Å². The molecule has 0 aliphatic heterocycles. The Morgan fingerprint density at radius 1 is 1.38 bits per heavy atom. The maximum atomic E-state index is 11.3. The minimum atomic E-state index is -0.467. The van der Waals surface area contributed by atoms with Gasteiger partial charge < -0.3 is 10.7 Å². The average molecular weight is 181 g/mol. The van der Waals surface area contributed by atoms with Crippen LogP contribution in [-0.4, -0.2) is 19.6 Å². The third kappa shape index (κ3) is 0.934. The van der Waals surface area contributed by atoms with Crippen LogP contribution in [0.15, 0.2) is 9.59 Å². The second kappa shape index (κ2) is 2.22. The van der Waals surface area contributed by atoms with E-state index in [1.54, 1.807) is 6.92 Å². The van der Waals surface area contributed by atoms with Gasteiger partial charge in [-0.05, 0) is 6.92 Å². The summed E-state index contributed by atoms with van der Waals surface area (Å²) in [5, 5.41) is 3.65. The number of nitrogens with two attached hydrogens (primary N) is 1. The highest BCUT2D eigenvalue weighted by molar-refractivity contribution is 5.48. The summed E-state index contributed by atoms with van der Waals surface area (Å²) in [7, 11) is 0. The summed E-state index contributed by atoms with van der Waals surface area (Å²) in [4.78, 5) is 27.2. The van der Waals surface area contributed by atoms with Crippen molar-refractivity contribution in [3.05, 3.63) is 26.5 Å². The number of aryl methyl sites for hydroxylation is 1. The highest BCUT2D eigenvalue weighted by atomic mass is 16.2. The molecular formula is C6H7N5O2. The lowest BCUT2D eigenvalue weighted by Crippen LogP contribution is -2.21.